The second-order valence-electron chi connectivity index (χ2n) is 7.34. The quantitative estimate of drug-likeness (QED) is 0.152. The number of aliphatic hydroxyl groups is 1. The van der Waals surface area contributed by atoms with Crippen LogP contribution in [0.1, 0.15) is 33.6 Å². The van der Waals surface area contributed by atoms with E-state index >= 15 is 0 Å². The predicted octanol–water partition coefficient (Wildman–Crippen LogP) is -1.88. The lowest BCUT2D eigenvalue weighted by Gasteiger charge is -2.25. The summed E-state index contributed by atoms with van der Waals surface area (Å²) in [6, 6.07) is -5.28. The van der Waals surface area contributed by atoms with Gasteiger partial charge in [0.05, 0.1) is 18.6 Å². The summed E-state index contributed by atoms with van der Waals surface area (Å²) in [6.45, 7) is 4.60. The Kier molecular flexibility index (Phi) is 12.8. The molecule has 0 aromatic heterocycles. The summed E-state index contributed by atoms with van der Waals surface area (Å²) in [4.78, 5) is 59.7. The number of carboxylic acids is 2. The number of hydrogen-bond acceptors (Lipinski definition) is 8. The van der Waals surface area contributed by atoms with Gasteiger partial charge in [-0.2, -0.15) is 11.8 Å². The van der Waals surface area contributed by atoms with Crippen molar-refractivity contribution in [2.75, 3.05) is 12.0 Å². The molecule has 0 heterocycles. The van der Waals surface area contributed by atoms with Crippen LogP contribution in [0.25, 0.3) is 0 Å². The maximum atomic E-state index is 12.7. The Morgan fingerprint density at radius 1 is 0.903 bits per heavy atom. The summed E-state index contributed by atoms with van der Waals surface area (Å²) in [6.07, 6.45) is -0.317. The van der Waals surface area contributed by atoms with E-state index in [-0.39, 0.29) is 12.3 Å². The zero-order valence-corrected chi connectivity index (χ0v) is 18.8. The average molecular weight is 465 g/mol. The lowest BCUT2D eigenvalue weighted by Crippen LogP contribution is -2.59. The fourth-order valence-electron chi connectivity index (χ4n) is 2.37. The molecular formula is C18H32N4O8S. The second kappa shape index (κ2) is 13.8. The number of hydrogen-bond donors (Lipinski definition) is 7. The van der Waals surface area contributed by atoms with Crippen LogP contribution in [-0.4, -0.2) is 87.3 Å². The number of carbonyl (C=O) groups is 5. The molecule has 0 saturated carbocycles. The summed E-state index contributed by atoms with van der Waals surface area (Å²) < 4.78 is 0. The Morgan fingerprint density at radius 2 is 1.42 bits per heavy atom. The van der Waals surface area contributed by atoms with E-state index in [4.69, 9.17) is 15.9 Å². The van der Waals surface area contributed by atoms with Crippen molar-refractivity contribution < 1.29 is 39.3 Å². The number of carbonyl (C=O) groups excluding carboxylic acids is 3. The molecule has 12 nitrogen and oxygen atoms in total. The summed E-state index contributed by atoms with van der Waals surface area (Å²) in [5, 5.41) is 34.4. The lowest BCUT2D eigenvalue weighted by molar-refractivity contribution is -0.146. The average Bonchev–Trinajstić information content (AvgIpc) is 2.66. The smallest absolute Gasteiger partial charge is 0.328 e. The fourth-order valence-corrected chi connectivity index (χ4v) is 2.85. The Morgan fingerprint density at radius 3 is 1.84 bits per heavy atom. The van der Waals surface area contributed by atoms with Gasteiger partial charge in [0.25, 0.3) is 0 Å². The highest BCUT2D eigenvalue weighted by Gasteiger charge is 2.33. The molecule has 3 amide bonds. The van der Waals surface area contributed by atoms with Gasteiger partial charge in [-0.1, -0.05) is 13.8 Å². The maximum absolute atomic E-state index is 12.7. The molecular weight excluding hydrogens is 432 g/mol. The molecule has 13 heteroatoms. The van der Waals surface area contributed by atoms with E-state index in [2.05, 4.69) is 10.6 Å². The minimum absolute atomic E-state index is 0.191. The van der Waals surface area contributed by atoms with Crippen LogP contribution in [0.5, 0.6) is 0 Å². The third-order valence-corrected chi connectivity index (χ3v) is 4.97. The monoisotopic (exact) mass is 464 g/mol. The molecule has 0 rings (SSSR count). The Labute approximate surface area is 184 Å². The van der Waals surface area contributed by atoms with E-state index in [1.165, 1.54) is 11.8 Å². The number of thioether (sulfide) groups is 1. The summed E-state index contributed by atoms with van der Waals surface area (Å²) in [5.41, 5.74) is 5.79. The number of amides is 3. The first kappa shape index (κ1) is 28.6. The molecule has 31 heavy (non-hydrogen) atoms. The number of rotatable bonds is 14. The van der Waals surface area contributed by atoms with Crippen molar-refractivity contribution in [3.8, 4) is 0 Å². The molecule has 0 fully saturated rings. The Hall–Kier alpha value is -2.38. The first-order chi connectivity index (χ1) is 14.3. The van der Waals surface area contributed by atoms with Gasteiger partial charge in [-0.15, -0.1) is 0 Å². The number of aliphatic hydroxyl groups excluding tert-OH is 1. The largest absolute Gasteiger partial charge is 0.481 e. The zero-order valence-electron chi connectivity index (χ0n) is 18.0. The highest BCUT2D eigenvalue weighted by Crippen LogP contribution is 2.06. The van der Waals surface area contributed by atoms with Crippen LogP contribution in [0.3, 0.4) is 0 Å². The fraction of sp³-hybridized carbons (Fsp3) is 0.722. The van der Waals surface area contributed by atoms with Crippen LogP contribution in [-0.2, 0) is 24.0 Å². The maximum Gasteiger partial charge on any atom is 0.328 e. The van der Waals surface area contributed by atoms with Gasteiger partial charge < -0.3 is 37.0 Å². The molecule has 178 valence electrons. The van der Waals surface area contributed by atoms with E-state index in [0.29, 0.717) is 5.75 Å². The molecule has 5 atom stereocenters. The number of nitrogens with two attached hydrogens (primary N) is 1. The van der Waals surface area contributed by atoms with Gasteiger partial charge in [0.1, 0.15) is 12.1 Å². The van der Waals surface area contributed by atoms with Crippen molar-refractivity contribution in [2.45, 2.75) is 63.9 Å². The molecule has 0 aliphatic carbocycles. The van der Waals surface area contributed by atoms with Gasteiger partial charge in [0.2, 0.25) is 17.7 Å². The van der Waals surface area contributed by atoms with Crippen molar-refractivity contribution in [3.63, 3.8) is 0 Å². The van der Waals surface area contributed by atoms with E-state index in [1.807, 2.05) is 5.32 Å². The van der Waals surface area contributed by atoms with Crippen LogP contribution < -0.4 is 21.7 Å². The summed E-state index contributed by atoms with van der Waals surface area (Å²) >= 11 is 1.41. The summed E-state index contributed by atoms with van der Waals surface area (Å²) in [7, 11) is 0. The zero-order chi connectivity index (χ0) is 24.3. The van der Waals surface area contributed by atoms with Gasteiger partial charge in [-0.05, 0) is 31.3 Å². The lowest BCUT2D eigenvalue weighted by atomic mass is 10.0. The van der Waals surface area contributed by atoms with E-state index < -0.39 is 66.4 Å². The highest BCUT2D eigenvalue weighted by molar-refractivity contribution is 7.98. The van der Waals surface area contributed by atoms with Crippen molar-refractivity contribution >= 4 is 41.4 Å². The van der Waals surface area contributed by atoms with Crippen LogP contribution >= 0.6 is 11.8 Å². The third kappa shape index (κ3) is 10.5. The predicted molar refractivity (Wildman–Crippen MR) is 113 cm³/mol. The van der Waals surface area contributed by atoms with Crippen molar-refractivity contribution in [1.82, 2.24) is 16.0 Å². The molecule has 0 aromatic carbocycles. The molecule has 0 saturated heterocycles. The first-order valence-electron chi connectivity index (χ1n) is 9.60. The molecule has 0 spiro atoms. The number of nitrogens with one attached hydrogen (secondary N) is 3. The van der Waals surface area contributed by atoms with E-state index in [0.717, 1.165) is 6.92 Å². The van der Waals surface area contributed by atoms with E-state index in [1.54, 1.807) is 20.1 Å². The highest BCUT2D eigenvalue weighted by atomic mass is 32.2. The minimum Gasteiger partial charge on any atom is -0.481 e. The second-order valence-corrected chi connectivity index (χ2v) is 8.32. The molecule has 0 aliphatic rings. The Bertz CT molecular complexity index is 658. The molecule has 5 unspecified atom stereocenters. The van der Waals surface area contributed by atoms with Gasteiger partial charge >= 0.3 is 11.9 Å². The van der Waals surface area contributed by atoms with Gasteiger partial charge in [0, 0.05) is 0 Å². The van der Waals surface area contributed by atoms with Gasteiger partial charge in [0.15, 0.2) is 6.04 Å². The standard InChI is InChI=1S/C18H32N4O8S/c1-8(2)13(19)17(28)20-10(5-6-31-4)15(26)21-11(7-12(24)25)16(27)22-14(9(3)23)18(29)30/h8-11,13-14,23H,5-7,19H2,1-4H3,(H,20,28)(H,21,26)(H,22,27)(H,24,25)(H,29,30). The SMILES string of the molecule is CSCCC(NC(=O)C(N)C(C)C)C(=O)NC(CC(=O)O)C(=O)NC(C(=O)O)C(C)O. The van der Waals surface area contributed by atoms with Crippen LogP contribution in [0.15, 0.2) is 0 Å². The van der Waals surface area contributed by atoms with Crippen LogP contribution in [0.2, 0.25) is 0 Å². The number of carboxylic acid groups (broad SMARTS) is 2. The van der Waals surface area contributed by atoms with Gasteiger partial charge in [-0.25, -0.2) is 4.79 Å². The molecule has 0 radical (unpaired) electrons. The molecule has 0 bridgehead atoms. The molecule has 0 aliphatic heterocycles. The van der Waals surface area contributed by atoms with Crippen LogP contribution in [0.4, 0.5) is 0 Å². The number of aliphatic carboxylic acids is 2. The van der Waals surface area contributed by atoms with E-state index in [9.17, 15) is 29.1 Å². The molecule has 8 N–H and O–H groups in total. The topological polar surface area (TPSA) is 208 Å². The van der Waals surface area contributed by atoms with Crippen molar-refractivity contribution in [2.24, 2.45) is 11.7 Å². The van der Waals surface area contributed by atoms with Crippen LogP contribution in [0, 0.1) is 5.92 Å². The van der Waals surface area contributed by atoms with Crippen molar-refractivity contribution in [3.05, 3.63) is 0 Å². The minimum atomic E-state index is -1.70. The molecule has 0 aromatic rings. The third-order valence-electron chi connectivity index (χ3n) is 4.32. The summed E-state index contributed by atoms with van der Waals surface area (Å²) in [5.74, 6) is -5.15. The first-order valence-corrected chi connectivity index (χ1v) is 11.0. The normalized spacial score (nSPS) is 15.8. The van der Waals surface area contributed by atoms with Crippen molar-refractivity contribution in [1.29, 1.82) is 0 Å². The Balaban J connectivity index is 5.48. The van der Waals surface area contributed by atoms with Gasteiger partial charge in [-0.3, -0.25) is 19.2 Å².